The molecule has 8 nitrogen and oxygen atoms in total. The number of piperazine rings is 1. The summed E-state index contributed by atoms with van der Waals surface area (Å²) < 4.78 is 15.7. The molecule has 0 aliphatic carbocycles. The highest BCUT2D eigenvalue weighted by molar-refractivity contribution is 7.15. The average Bonchev–Trinajstić information content (AvgIpc) is 3.18. The fourth-order valence-corrected chi connectivity index (χ4v) is 4.19. The van der Waals surface area contributed by atoms with Crippen molar-refractivity contribution in [2.75, 3.05) is 31.5 Å². The van der Waals surface area contributed by atoms with Crippen LogP contribution < -0.4 is 10.9 Å². The van der Waals surface area contributed by atoms with Gasteiger partial charge >= 0.3 is 0 Å². The molecular weight excluding hydrogens is 409 g/mol. The molecule has 1 aliphatic heterocycles. The van der Waals surface area contributed by atoms with Crippen molar-refractivity contribution in [1.29, 1.82) is 0 Å². The number of benzene rings is 1. The first-order valence-electron chi connectivity index (χ1n) is 9.45. The molecule has 0 bridgehead atoms. The van der Waals surface area contributed by atoms with Crippen molar-refractivity contribution < 1.29 is 14.0 Å². The van der Waals surface area contributed by atoms with Crippen molar-refractivity contribution >= 4 is 33.8 Å². The van der Waals surface area contributed by atoms with Gasteiger partial charge in [-0.15, -0.1) is 11.3 Å². The van der Waals surface area contributed by atoms with Crippen molar-refractivity contribution in [3.05, 3.63) is 63.3 Å². The molecule has 1 aliphatic rings. The Labute approximate surface area is 175 Å². The van der Waals surface area contributed by atoms with Gasteiger partial charge in [0, 0.05) is 63.0 Å². The summed E-state index contributed by atoms with van der Waals surface area (Å²) in [6, 6.07) is 5.49. The normalized spacial score (nSPS) is 14.8. The number of carbonyl (C=O) groups is 2. The standard InChI is InChI=1S/C20H20FN5O3S/c1-13(27)22-14-2-3-17(21)16(10-14)19(29)25-6-4-24(5-7-25)12-15-11-18(28)26-8-9-30-20(26)23-15/h2-3,8-11H,4-7,12H2,1H3,(H,22,27). The number of halogens is 1. The van der Waals surface area contributed by atoms with E-state index < -0.39 is 11.7 Å². The molecule has 0 unspecified atom stereocenters. The molecule has 3 aromatic rings. The van der Waals surface area contributed by atoms with Gasteiger partial charge < -0.3 is 10.2 Å². The molecule has 1 saturated heterocycles. The number of carbonyl (C=O) groups excluding carboxylic acids is 2. The zero-order chi connectivity index (χ0) is 21.3. The Balaban J connectivity index is 1.41. The molecule has 0 atom stereocenters. The van der Waals surface area contributed by atoms with Crippen LogP contribution >= 0.6 is 11.3 Å². The highest BCUT2D eigenvalue weighted by Crippen LogP contribution is 2.18. The van der Waals surface area contributed by atoms with E-state index in [4.69, 9.17) is 0 Å². The van der Waals surface area contributed by atoms with Crippen molar-refractivity contribution in [1.82, 2.24) is 19.2 Å². The van der Waals surface area contributed by atoms with E-state index in [-0.39, 0.29) is 17.0 Å². The number of anilines is 1. The number of nitrogens with one attached hydrogen (secondary N) is 1. The van der Waals surface area contributed by atoms with Crippen LogP contribution in [0.2, 0.25) is 0 Å². The number of hydrogen-bond donors (Lipinski definition) is 1. The average molecular weight is 429 g/mol. The zero-order valence-corrected chi connectivity index (χ0v) is 17.1. The minimum atomic E-state index is -0.620. The van der Waals surface area contributed by atoms with Crippen LogP contribution in [0, 0.1) is 5.82 Å². The molecule has 0 radical (unpaired) electrons. The molecule has 0 spiro atoms. The molecule has 2 amide bonds. The number of aromatic nitrogens is 2. The van der Waals surface area contributed by atoms with Gasteiger partial charge in [-0.05, 0) is 18.2 Å². The lowest BCUT2D eigenvalue weighted by Crippen LogP contribution is -2.48. The summed E-state index contributed by atoms with van der Waals surface area (Å²) in [4.78, 5) is 45.0. The fourth-order valence-electron chi connectivity index (χ4n) is 3.45. The maximum atomic E-state index is 14.2. The minimum Gasteiger partial charge on any atom is -0.336 e. The smallest absolute Gasteiger partial charge is 0.258 e. The summed E-state index contributed by atoms with van der Waals surface area (Å²) in [7, 11) is 0. The number of nitrogens with zero attached hydrogens (tertiary/aromatic N) is 4. The van der Waals surface area contributed by atoms with Gasteiger partial charge in [-0.1, -0.05) is 0 Å². The van der Waals surface area contributed by atoms with Gasteiger partial charge in [-0.3, -0.25) is 23.7 Å². The Morgan fingerprint density at radius 1 is 1.20 bits per heavy atom. The van der Waals surface area contributed by atoms with E-state index in [0.29, 0.717) is 49.1 Å². The summed E-state index contributed by atoms with van der Waals surface area (Å²) in [5.41, 5.74) is 0.899. The number of fused-ring (bicyclic) bond motifs is 1. The lowest BCUT2D eigenvalue weighted by molar-refractivity contribution is -0.114. The fraction of sp³-hybridized carbons (Fsp3) is 0.300. The highest BCUT2D eigenvalue weighted by Gasteiger charge is 2.25. The largest absolute Gasteiger partial charge is 0.336 e. The van der Waals surface area contributed by atoms with Crippen LogP contribution in [0.5, 0.6) is 0 Å². The van der Waals surface area contributed by atoms with Crippen LogP contribution in [-0.2, 0) is 11.3 Å². The van der Waals surface area contributed by atoms with Crippen LogP contribution in [0.4, 0.5) is 10.1 Å². The maximum absolute atomic E-state index is 14.2. The van der Waals surface area contributed by atoms with Crippen LogP contribution in [0.15, 0.2) is 40.6 Å². The van der Waals surface area contributed by atoms with E-state index in [1.807, 2.05) is 5.38 Å². The molecule has 1 fully saturated rings. The Morgan fingerprint density at radius 2 is 1.97 bits per heavy atom. The number of hydrogen-bond acceptors (Lipinski definition) is 6. The van der Waals surface area contributed by atoms with Crippen LogP contribution in [0.3, 0.4) is 0 Å². The predicted octanol–water partition coefficient (Wildman–Crippen LogP) is 1.81. The summed E-state index contributed by atoms with van der Waals surface area (Å²) in [5.74, 6) is -1.32. The maximum Gasteiger partial charge on any atom is 0.258 e. The molecule has 1 aromatic carbocycles. The van der Waals surface area contributed by atoms with Crippen LogP contribution in [0.25, 0.3) is 4.96 Å². The van der Waals surface area contributed by atoms with Crippen molar-refractivity contribution in [3.8, 4) is 0 Å². The Morgan fingerprint density at radius 3 is 2.70 bits per heavy atom. The third-order valence-corrected chi connectivity index (χ3v) is 5.68. The number of thiazole rings is 1. The molecule has 1 N–H and O–H groups in total. The second-order valence-electron chi connectivity index (χ2n) is 7.09. The Bertz CT molecular complexity index is 1170. The van der Waals surface area contributed by atoms with Gasteiger partial charge in [0.15, 0.2) is 4.96 Å². The van der Waals surface area contributed by atoms with Gasteiger partial charge in [0.25, 0.3) is 11.5 Å². The number of amides is 2. The summed E-state index contributed by atoms with van der Waals surface area (Å²) >= 11 is 1.40. The first-order chi connectivity index (χ1) is 14.4. The van der Waals surface area contributed by atoms with Gasteiger partial charge in [0.05, 0.1) is 11.3 Å². The Hall–Kier alpha value is -3.11. The second-order valence-corrected chi connectivity index (χ2v) is 7.96. The summed E-state index contributed by atoms with van der Waals surface area (Å²) in [5, 5.41) is 4.38. The van der Waals surface area contributed by atoms with E-state index in [2.05, 4.69) is 15.2 Å². The van der Waals surface area contributed by atoms with Crippen LogP contribution in [-0.4, -0.2) is 57.2 Å². The number of rotatable bonds is 4. The van der Waals surface area contributed by atoms with Crippen LogP contribution in [0.1, 0.15) is 23.0 Å². The van der Waals surface area contributed by atoms with Crippen molar-refractivity contribution in [2.45, 2.75) is 13.5 Å². The van der Waals surface area contributed by atoms with Gasteiger partial charge in [-0.25, -0.2) is 9.37 Å². The third-order valence-electron chi connectivity index (χ3n) is 4.92. The molecule has 4 rings (SSSR count). The highest BCUT2D eigenvalue weighted by atomic mass is 32.1. The molecule has 2 aromatic heterocycles. The van der Waals surface area contributed by atoms with Crippen molar-refractivity contribution in [2.24, 2.45) is 0 Å². The molecule has 156 valence electrons. The van der Waals surface area contributed by atoms with Gasteiger partial charge in [0.1, 0.15) is 5.82 Å². The lowest BCUT2D eigenvalue weighted by Gasteiger charge is -2.34. The first kappa shape index (κ1) is 20.2. The monoisotopic (exact) mass is 429 g/mol. The van der Waals surface area contributed by atoms with E-state index in [1.54, 1.807) is 11.1 Å². The SMILES string of the molecule is CC(=O)Nc1ccc(F)c(C(=O)N2CCN(Cc3cc(=O)n4ccsc4n3)CC2)c1. The first-order valence-corrected chi connectivity index (χ1v) is 10.3. The Kier molecular flexibility index (Phi) is 5.60. The minimum absolute atomic E-state index is 0.0625. The topological polar surface area (TPSA) is 87.0 Å². The van der Waals surface area contributed by atoms with E-state index in [1.165, 1.54) is 46.9 Å². The third kappa shape index (κ3) is 4.24. The summed E-state index contributed by atoms with van der Waals surface area (Å²) in [6.45, 7) is 3.90. The van der Waals surface area contributed by atoms with Crippen molar-refractivity contribution in [3.63, 3.8) is 0 Å². The van der Waals surface area contributed by atoms with Gasteiger partial charge in [0.2, 0.25) is 5.91 Å². The quantitative estimate of drug-likeness (QED) is 0.684. The van der Waals surface area contributed by atoms with Gasteiger partial charge in [-0.2, -0.15) is 0 Å². The lowest BCUT2D eigenvalue weighted by atomic mass is 10.1. The van der Waals surface area contributed by atoms with E-state index in [0.717, 1.165) is 0 Å². The zero-order valence-electron chi connectivity index (χ0n) is 16.3. The molecule has 10 heteroatoms. The molecule has 0 saturated carbocycles. The summed E-state index contributed by atoms with van der Waals surface area (Å²) in [6.07, 6.45) is 1.70. The molecule has 30 heavy (non-hydrogen) atoms. The van der Waals surface area contributed by atoms with E-state index in [9.17, 15) is 18.8 Å². The molecule has 3 heterocycles. The second kappa shape index (κ2) is 8.33. The predicted molar refractivity (Wildman–Crippen MR) is 111 cm³/mol. The van der Waals surface area contributed by atoms with E-state index >= 15 is 0 Å². The molecular formula is C20H20FN5O3S.